The SMILES string of the molecule is CCCc1sc(C(=O)N(C)C(C)CO)cc1CC. The first kappa shape index (κ1) is 15.2. The number of rotatable bonds is 6. The molecular formula is C14H23NO2S. The second-order valence-corrected chi connectivity index (χ2v) is 5.75. The third-order valence-corrected chi connectivity index (χ3v) is 4.44. The molecule has 1 amide bonds. The second-order valence-electron chi connectivity index (χ2n) is 4.61. The van der Waals surface area contributed by atoms with Gasteiger partial charge < -0.3 is 10.0 Å². The van der Waals surface area contributed by atoms with Crippen LogP contribution in [0.1, 0.15) is 47.3 Å². The van der Waals surface area contributed by atoms with Crippen LogP contribution in [0.15, 0.2) is 6.07 Å². The van der Waals surface area contributed by atoms with E-state index < -0.39 is 0 Å². The van der Waals surface area contributed by atoms with Crippen LogP contribution in [0.3, 0.4) is 0 Å². The summed E-state index contributed by atoms with van der Waals surface area (Å²) in [6.45, 7) is 6.12. The van der Waals surface area contributed by atoms with Gasteiger partial charge in [0.1, 0.15) is 0 Å². The maximum atomic E-state index is 12.3. The van der Waals surface area contributed by atoms with Gasteiger partial charge in [-0.3, -0.25) is 4.79 Å². The number of carbonyl (C=O) groups is 1. The summed E-state index contributed by atoms with van der Waals surface area (Å²) in [6, 6.07) is 1.87. The fourth-order valence-corrected chi connectivity index (χ4v) is 3.14. The maximum absolute atomic E-state index is 12.3. The Morgan fingerprint density at radius 2 is 2.17 bits per heavy atom. The van der Waals surface area contributed by atoms with Crippen LogP contribution in [-0.2, 0) is 12.8 Å². The minimum Gasteiger partial charge on any atom is -0.394 e. The molecule has 102 valence electrons. The van der Waals surface area contributed by atoms with E-state index in [-0.39, 0.29) is 18.6 Å². The van der Waals surface area contributed by atoms with E-state index in [0.29, 0.717) is 0 Å². The number of amides is 1. The lowest BCUT2D eigenvalue weighted by Gasteiger charge is -2.22. The topological polar surface area (TPSA) is 40.5 Å². The van der Waals surface area contributed by atoms with Crippen molar-refractivity contribution in [2.75, 3.05) is 13.7 Å². The van der Waals surface area contributed by atoms with Gasteiger partial charge in [-0.05, 0) is 31.4 Å². The molecule has 1 unspecified atom stereocenters. The normalized spacial score (nSPS) is 12.5. The Labute approximate surface area is 113 Å². The molecule has 1 rings (SSSR count). The number of thiophene rings is 1. The van der Waals surface area contributed by atoms with E-state index in [1.165, 1.54) is 10.4 Å². The van der Waals surface area contributed by atoms with Gasteiger partial charge in [0.05, 0.1) is 17.5 Å². The molecule has 0 radical (unpaired) electrons. The number of hydrogen-bond acceptors (Lipinski definition) is 3. The van der Waals surface area contributed by atoms with Gasteiger partial charge in [-0.2, -0.15) is 0 Å². The largest absolute Gasteiger partial charge is 0.394 e. The van der Waals surface area contributed by atoms with Crippen molar-refractivity contribution < 1.29 is 9.90 Å². The van der Waals surface area contributed by atoms with Gasteiger partial charge in [-0.15, -0.1) is 11.3 Å². The molecule has 1 N–H and O–H groups in total. The van der Waals surface area contributed by atoms with Gasteiger partial charge in [-0.1, -0.05) is 20.3 Å². The van der Waals surface area contributed by atoms with Crippen molar-refractivity contribution >= 4 is 17.2 Å². The molecule has 0 saturated heterocycles. The molecule has 3 nitrogen and oxygen atoms in total. The molecule has 0 saturated carbocycles. The van der Waals surface area contributed by atoms with Crippen LogP contribution in [0.4, 0.5) is 0 Å². The van der Waals surface area contributed by atoms with E-state index in [4.69, 9.17) is 5.11 Å². The minimum atomic E-state index is -0.140. The number of hydrogen-bond donors (Lipinski definition) is 1. The highest BCUT2D eigenvalue weighted by molar-refractivity contribution is 7.14. The standard InChI is InChI=1S/C14H23NO2S/c1-5-7-12-11(6-2)8-13(18-12)14(17)15(4)10(3)9-16/h8,10,16H,5-7,9H2,1-4H3. The summed E-state index contributed by atoms with van der Waals surface area (Å²) in [5.74, 6) is 0.0126. The van der Waals surface area contributed by atoms with E-state index in [9.17, 15) is 4.79 Å². The minimum absolute atomic E-state index is 0.00390. The molecule has 0 spiro atoms. The maximum Gasteiger partial charge on any atom is 0.263 e. The van der Waals surface area contributed by atoms with E-state index in [1.807, 2.05) is 13.0 Å². The van der Waals surface area contributed by atoms with Crippen LogP contribution in [0, 0.1) is 0 Å². The first-order chi connectivity index (χ1) is 8.54. The Bertz CT molecular complexity index is 400. The highest BCUT2D eigenvalue weighted by Crippen LogP contribution is 2.25. The zero-order valence-corrected chi connectivity index (χ0v) is 12.5. The van der Waals surface area contributed by atoms with Crippen LogP contribution in [0.25, 0.3) is 0 Å². The Hall–Kier alpha value is -0.870. The highest BCUT2D eigenvalue weighted by atomic mass is 32.1. The van der Waals surface area contributed by atoms with Gasteiger partial charge in [0, 0.05) is 11.9 Å². The summed E-state index contributed by atoms with van der Waals surface area (Å²) in [6.07, 6.45) is 3.11. The predicted octanol–water partition coefficient (Wildman–Crippen LogP) is 2.72. The molecule has 1 aromatic rings. The summed E-state index contributed by atoms with van der Waals surface area (Å²) >= 11 is 1.60. The molecule has 18 heavy (non-hydrogen) atoms. The lowest BCUT2D eigenvalue weighted by molar-refractivity contribution is 0.0687. The summed E-state index contributed by atoms with van der Waals surface area (Å²) in [7, 11) is 1.74. The third kappa shape index (κ3) is 3.33. The summed E-state index contributed by atoms with van der Waals surface area (Å²) in [4.78, 5) is 16.0. The van der Waals surface area contributed by atoms with Gasteiger partial charge in [0.25, 0.3) is 5.91 Å². The van der Waals surface area contributed by atoms with Gasteiger partial charge >= 0.3 is 0 Å². The lowest BCUT2D eigenvalue weighted by Crippen LogP contribution is -2.36. The summed E-state index contributed by atoms with van der Waals surface area (Å²) in [5.41, 5.74) is 1.29. The zero-order valence-electron chi connectivity index (χ0n) is 11.7. The van der Waals surface area contributed by atoms with Crippen molar-refractivity contribution in [3.05, 3.63) is 21.4 Å². The molecule has 0 aliphatic heterocycles. The van der Waals surface area contributed by atoms with E-state index in [2.05, 4.69) is 13.8 Å². The second kappa shape index (κ2) is 6.90. The van der Waals surface area contributed by atoms with E-state index in [0.717, 1.165) is 24.1 Å². The van der Waals surface area contributed by atoms with Crippen molar-refractivity contribution in [3.8, 4) is 0 Å². The Morgan fingerprint density at radius 3 is 2.67 bits per heavy atom. The number of nitrogens with zero attached hydrogens (tertiary/aromatic N) is 1. The van der Waals surface area contributed by atoms with E-state index in [1.54, 1.807) is 23.3 Å². The van der Waals surface area contributed by atoms with Crippen LogP contribution in [0.5, 0.6) is 0 Å². The van der Waals surface area contributed by atoms with Crippen molar-refractivity contribution in [3.63, 3.8) is 0 Å². The van der Waals surface area contributed by atoms with Gasteiger partial charge in [0.15, 0.2) is 0 Å². The quantitative estimate of drug-likeness (QED) is 0.862. The molecule has 0 fully saturated rings. The van der Waals surface area contributed by atoms with Gasteiger partial charge in [-0.25, -0.2) is 0 Å². The number of likely N-dealkylation sites (N-methyl/N-ethyl adjacent to an activating group) is 1. The number of aliphatic hydroxyl groups is 1. The summed E-state index contributed by atoms with van der Waals surface area (Å²) in [5, 5.41) is 9.10. The van der Waals surface area contributed by atoms with Crippen LogP contribution in [-0.4, -0.2) is 35.6 Å². The number of aliphatic hydroxyl groups excluding tert-OH is 1. The number of aryl methyl sites for hydroxylation is 2. The molecule has 0 aliphatic rings. The molecule has 0 bridgehead atoms. The predicted molar refractivity (Wildman–Crippen MR) is 76.3 cm³/mol. The average Bonchev–Trinajstić information content (AvgIpc) is 2.79. The third-order valence-electron chi connectivity index (χ3n) is 3.21. The Balaban J connectivity index is 2.92. The van der Waals surface area contributed by atoms with Crippen LogP contribution < -0.4 is 0 Å². The fourth-order valence-electron chi connectivity index (χ4n) is 1.81. The molecular weight excluding hydrogens is 246 g/mol. The molecule has 0 aromatic carbocycles. The Kier molecular flexibility index (Phi) is 5.82. The van der Waals surface area contributed by atoms with Crippen molar-refractivity contribution in [1.82, 2.24) is 4.90 Å². The van der Waals surface area contributed by atoms with Crippen molar-refractivity contribution in [2.24, 2.45) is 0 Å². The van der Waals surface area contributed by atoms with Gasteiger partial charge in [0.2, 0.25) is 0 Å². The lowest BCUT2D eigenvalue weighted by atomic mass is 10.1. The molecule has 1 heterocycles. The van der Waals surface area contributed by atoms with Crippen LogP contribution >= 0.6 is 11.3 Å². The molecule has 4 heteroatoms. The zero-order chi connectivity index (χ0) is 13.7. The highest BCUT2D eigenvalue weighted by Gasteiger charge is 2.20. The number of carbonyl (C=O) groups excluding carboxylic acids is 1. The van der Waals surface area contributed by atoms with Crippen LogP contribution in [0.2, 0.25) is 0 Å². The average molecular weight is 269 g/mol. The molecule has 1 aromatic heterocycles. The molecule has 1 atom stereocenters. The summed E-state index contributed by atoms with van der Waals surface area (Å²) < 4.78 is 0. The van der Waals surface area contributed by atoms with E-state index >= 15 is 0 Å². The Morgan fingerprint density at radius 1 is 1.50 bits per heavy atom. The van der Waals surface area contributed by atoms with Crippen molar-refractivity contribution in [1.29, 1.82) is 0 Å². The van der Waals surface area contributed by atoms with Crippen molar-refractivity contribution in [2.45, 2.75) is 46.1 Å². The first-order valence-electron chi connectivity index (χ1n) is 6.54. The molecule has 0 aliphatic carbocycles. The first-order valence-corrected chi connectivity index (χ1v) is 7.36. The monoisotopic (exact) mass is 269 g/mol. The fraction of sp³-hybridized carbons (Fsp3) is 0.643. The smallest absolute Gasteiger partial charge is 0.263 e.